The molecule has 3 nitrogen and oxygen atoms in total. The second kappa shape index (κ2) is 6.32. The monoisotopic (exact) mass is 247 g/mol. The topological polar surface area (TPSA) is 18.5 Å². The zero-order chi connectivity index (χ0) is 13.0. The predicted molar refractivity (Wildman–Crippen MR) is 76.8 cm³/mol. The summed E-state index contributed by atoms with van der Waals surface area (Å²) in [6, 6.07) is 12.0. The van der Waals surface area contributed by atoms with Crippen LogP contribution in [0.1, 0.15) is 18.5 Å². The van der Waals surface area contributed by atoms with E-state index in [0.717, 1.165) is 26.2 Å². The number of hydrogen-bond donors (Lipinski definition) is 1. The lowest BCUT2D eigenvalue weighted by atomic mass is 10.0. The van der Waals surface area contributed by atoms with Gasteiger partial charge in [-0.05, 0) is 26.6 Å². The van der Waals surface area contributed by atoms with Crippen molar-refractivity contribution in [2.75, 3.05) is 40.3 Å². The first-order chi connectivity index (χ1) is 8.72. The van der Waals surface area contributed by atoms with Crippen LogP contribution >= 0.6 is 0 Å². The third-order valence-electron chi connectivity index (χ3n) is 4.01. The molecule has 3 heteroatoms. The molecule has 1 heterocycles. The van der Waals surface area contributed by atoms with E-state index in [1.54, 1.807) is 0 Å². The largest absolute Gasteiger partial charge is 0.318 e. The number of likely N-dealkylation sites (N-methyl/N-ethyl adjacent to an activating group) is 2. The van der Waals surface area contributed by atoms with Gasteiger partial charge in [-0.1, -0.05) is 30.3 Å². The number of hydrogen-bond acceptors (Lipinski definition) is 3. The lowest BCUT2D eigenvalue weighted by molar-refractivity contribution is 0.0717. The molecule has 1 fully saturated rings. The van der Waals surface area contributed by atoms with E-state index in [2.05, 4.69) is 59.4 Å². The minimum absolute atomic E-state index is 0.493. The molecular formula is C15H25N3. The van der Waals surface area contributed by atoms with Gasteiger partial charge in [0.2, 0.25) is 0 Å². The van der Waals surface area contributed by atoms with Crippen LogP contribution in [0.15, 0.2) is 30.3 Å². The molecule has 0 amide bonds. The van der Waals surface area contributed by atoms with Crippen molar-refractivity contribution in [3.8, 4) is 0 Å². The van der Waals surface area contributed by atoms with Crippen molar-refractivity contribution in [1.29, 1.82) is 0 Å². The molecule has 1 aliphatic rings. The molecule has 0 aromatic heterocycles. The van der Waals surface area contributed by atoms with Crippen LogP contribution < -0.4 is 5.32 Å². The van der Waals surface area contributed by atoms with Gasteiger partial charge in [0.25, 0.3) is 0 Å². The van der Waals surface area contributed by atoms with E-state index in [9.17, 15) is 0 Å². The second-order valence-corrected chi connectivity index (χ2v) is 5.31. The molecule has 1 aromatic rings. The first-order valence-corrected chi connectivity index (χ1v) is 6.86. The lowest BCUT2D eigenvalue weighted by Gasteiger charge is -2.42. The average molecular weight is 247 g/mol. The smallest absolute Gasteiger partial charge is 0.0473 e. The number of piperazine rings is 1. The number of nitrogens with one attached hydrogen (secondary N) is 1. The molecule has 18 heavy (non-hydrogen) atoms. The van der Waals surface area contributed by atoms with Crippen molar-refractivity contribution in [3.05, 3.63) is 35.9 Å². The van der Waals surface area contributed by atoms with Gasteiger partial charge in [-0.25, -0.2) is 0 Å². The summed E-state index contributed by atoms with van der Waals surface area (Å²) in [5.41, 5.74) is 1.42. The SMILES string of the molecule is CNCC(c1ccccc1)N1CCN(C)C(C)C1. The summed E-state index contributed by atoms with van der Waals surface area (Å²) in [5, 5.41) is 3.33. The molecule has 100 valence electrons. The van der Waals surface area contributed by atoms with Crippen molar-refractivity contribution in [2.24, 2.45) is 0 Å². The van der Waals surface area contributed by atoms with Crippen LogP contribution in [0.5, 0.6) is 0 Å². The fourth-order valence-electron chi connectivity index (χ4n) is 2.69. The Bertz CT molecular complexity index is 352. The van der Waals surface area contributed by atoms with Crippen molar-refractivity contribution < 1.29 is 0 Å². The minimum atomic E-state index is 0.493. The molecule has 0 aliphatic carbocycles. The second-order valence-electron chi connectivity index (χ2n) is 5.31. The summed E-state index contributed by atoms with van der Waals surface area (Å²) in [6.07, 6.45) is 0. The van der Waals surface area contributed by atoms with Gasteiger partial charge in [-0.3, -0.25) is 4.90 Å². The molecule has 1 saturated heterocycles. The maximum Gasteiger partial charge on any atom is 0.0473 e. The standard InChI is InChI=1S/C15H25N3/c1-13-12-18(10-9-17(13)3)15(11-16-2)14-7-5-4-6-8-14/h4-8,13,15-16H,9-12H2,1-3H3. The lowest BCUT2D eigenvalue weighted by Crippen LogP contribution is -2.52. The number of rotatable bonds is 4. The zero-order valence-corrected chi connectivity index (χ0v) is 11.8. The van der Waals surface area contributed by atoms with Crippen LogP contribution in [-0.4, -0.2) is 56.1 Å². The van der Waals surface area contributed by atoms with Gasteiger partial charge < -0.3 is 10.2 Å². The van der Waals surface area contributed by atoms with Crippen LogP contribution in [0, 0.1) is 0 Å². The van der Waals surface area contributed by atoms with E-state index in [0.29, 0.717) is 12.1 Å². The Kier molecular flexibility index (Phi) is 4.75. The fraction of sp³-hybridized carbons (Fsp3) is 0.600. The molecular weight excluding hydrogens is 222 g/mol. The van der Waals surface area contributed by atoms with Crippen molar-refractivity contribution in [1.82, 2.24) is 15.1 Å². The van der Waals surface area contributed by atoms with Gasteiger partial charge in [0.05, 0.1) is 0 Å². The van der Waals surface area contributed by atoms with E-state index in [-0.39, 0.29) is 0 Å². The highest BCUT2D eigenvalue weighted by Crippen LogP contribution is 2.22. The Morgan fingerprint density at radius 3 is 2.61 bits per heavy atom. The van der Waals surface area contributed by atoms with Crippen molar-refractivity contribution in [3.63, 3.8) is 0 Å². The maximum atomic E-state index is 3.33. The van der Waals surface area contributed by atoms with E-state index in [1.807, 2.05) is 7.05 Å². The normalized spacial score (nSPS) is 24.1. The molecule has 0 spiro atoms. The van der Waals surface area contributed by atoms with Crippen LogP contribution in [0.3, 0.4) is 0 Å². The Hall–Kier alpha value is -0.900. The molecule has 0 saturated carbocycles. The molecule has 2 unspecified atom stereocenters. The first-order valence-electron chi connectivity index (χ1n) is 6.86. The van der Waals surface area contributed by atoms with E-state index < -0.39 is 0 Å². The van der Waals surface area contributed by atoms with E-state index in [1.165, 1.54) is 5.56 Å². The maximum absolute atomic E-state index is 3.33. The summed E-state index contributed by atoms with van der Waals surface area (Å²) in [7, 11) is 4.26. The summed E-state index contributed by atoms with van der Waals surface area (Å²) in [6.45, 7) is 6.79. The Balaban J connectivity index is 2.11. The van der Waals surface area contributed by atoms with Crippen LogP contribution in [0.2, 0.25) is 0 Å². The van der Waals surface area contributed by atoms with E-state index in [4.69, 9.17) is 0 Å². The molecule has 2 atom stereocenters. The molecule has 0 radical (unpaired) electrons. The zero-order valence-electron chi connectivity index (χ0n) is 11.8. The number of nitrogens with zero attached hydrogens (tertiary/aromatic N) is 2. The highest BCUT2D eigenvalue weighted by atomic mass is 15.3. The summed E-state index contributed by atoms with van der Waals surface area (Å²) >= 11 is 0. The molecule has 1 aliphatic heterocycles. The van der Waals surface area contributed by atoms with Crippen LogP contribution in [-0.2, 0) is 0 Å². The Morgan fingerprint density at radius 2 is 2.00 bits per heavy atom. The van der Waals surface area contributed by atoms with E-state index >= 15 is 0 Å². The summed E-state index contributed by atoms with van der Waals surface area (Å²) < 4.78 is 0. The average Bonchev–Trinajstić information content (AvgIpc) is 2.40. The first kappa shape index (κ1) is 13.5. The van der Waals surface area contributed by atoms with Crippen molar-refractivity contribution >= 4 is 0 Å². The van der Waals surface area contributed by atoms with Gasteiger partial charge in [0.1, 0.15) is 0 Å². The van der Waals surface area contributed by atoms with Gasteiger partial charge in [-0.2, -0.15) is 0 Å². The molecule has 1 aromatic carbocycles. The summed E-state index contributed by atoms with van der Waals surface area (Å²) in [5.74, 6) is 0. The fourth-order valence-corrected chi connectivity index (χ4v) is 2.69. The molecule has 2 rings (SSSR count). The van der Waals surface area contributed by atoms with Crippen molar-refractivity contribution in [2.45, 2.75) is 19.0 Å². The van der Waals surface area contributed by atoms with Gasteiger partial charge in [0, 0.05) is 38.3 Å². The van der Waals surface area contributed by atoms with Crippen LogP contribution in [0.4, 0.5) is 0 Å². The quantitative estimate of drug-likeness (QED) is 0.871. The molecule has 1 N–H and O–H groups in total. The highest BCUT2D eigenvalue weighted by Gasteiger charge is 2.26. The van der Waals surface area contributed by atoms with Gasteiger partial charge in [0.15, 0.2) is 0 Å². The highest BCUT2D eigenvalue weighted by molar-refractivity contribution is 5.19. The third kappa shape index (κ3) is 3.10. The summed E-state index contributed by atoms with van der Waals surface area (Å²) in [4.78, 5) is 5.05. The Labute approximate surface area is 111 Å². The molecule has 0 bridgehead atoms. The Morgan fingerprint density at radius 1 is 1.28 bits per heavy atom. The predicted octanol–water partition coefficient (Wildman–Crippen LogP) is 1.58. The third-order valence-corrected chi connectivity index (χ3v) is 4.01. The van der Waals surface area contributed by atoms with Crippen LogP contribution in [0.25, 0.3) is 0 Å². The number of benzene rings is 1. The van der Waals surface area contributed by atoms with Gasteiger partial charge in [-0.15, -0.1) is 0 Å². The van der Waals surface area contributed by atoms with Gasteiger partial charge >= 0.3 is 0 Å². The minimum Gasteiger partial charge on any atom is -0.318 e.